The van der Waals surface area contributed by atoms with Gasteiger partial charge in [-0.2, -0.15) is 5.26 Å². The quantitative estimate of drug-likeness (QED) is 0.582. The summed E-state index contributed by atoms with van der Waals surface area (Å²) in [7, 11) is 2.04. The summed E-state index contributed by atoms with van der Waals surface area (Å²) in [5.41, 5.74) is 0.238. The number of likely N-dealkylation sites (N-methyl/N-ethyl adjacent to an activating group) is 1. The lowest BCUT2D eigenvalue weighted by Crippen LogP contribution is -3.13. The van der Waals surface area contributed by atoms with Gasteiger partial charge in [0.25, 0.3) is 5.56 Å². The number of nitrogens with one attached hydrogen (secondary N) is 2. The molecule has 25 heavy (non-hydrogen) atoms. The van der Waals surface area contributed by atoms with Gasteiger partial charge in [0.05, 0.1) is 24.0 Å². The summed E-state index contributed by atoms with van der Waals surface area (Å²) in [4.78, 5) is 20.3. The number of aliphatic hydroxyl groups excluding tert-OH is 1. The topological polar surface area (TPSA) is 94.2 Å². The Morgan fingerprint density at radius 1 is 1.36 bits per heavy atom. The minimum atomic E-state index is -0.311. The Bertz CT molecular complexity index is 888. The molecule has 0 amide bonds. The van der Waals surface area contributed by atoms with E-state index in [-0.39, 0.29) is 22.7 Å². The van der Waals surface area contributed by atoms with Crippen LogP contribution < -0.4 is 10.5 Å². The molecule has 3 rings (SSSR count). The van der Waals surface area contributed by atoms with Gasteiger partial charge in [0, 0.05) is 0 Å². The molecule has 3 N–H and O–H groups in total. The molecule has 130 valence electrons. The molecule has 0 aliphatic heterocycles. The molecular weight excluding hydrogens is 316 g/mol. The van der Waals surface area contributed by atoms with Crippen molar-refractivity contribution in [2.75, 3.05) is 13.6 Å². The summed E-state index contributed by atoms with van der Waals surface area (Å²) in [6.07, 6.45) is 6.00. The van der Waals surface area contributed by atoms with E-state index in [1.165, 1.54) is 24.2 Å². The molecule has 1 atom stereocenters. The third kappa shape index (κ3) is 3.72. The van der Waals surface area contributed by atoms with Crippen molar-refractivity contribution in [1.29, 1.82) is 5.26 Å². The van der Waals surface area contributed by atoms with Crippen LogP contribution in [-0.4, -0.2) is 34.7 Å². The van der Waals surface area contributed by atoms with Crippen LogP contribution in [-0.2, 0) is 0 Å². The third-order valence-electron chi connectivity index (χ3n) is 5.00. The highest BCUT2D eigenvalue weighted by atomic mass is 16.3. The largest absolute Gasteiger partial charge is 0.506 e. The molecule has 0 spiro atoms. The van der Waals surface area contributed by atoms with E-state index in [2.05, 4.69) is 9.97 Å². The van der Waals surface area contributed by atoms with Crippen LogP contribution in [0.2, 0.25) is 0 Å². The van der Waals surface area contributed by atoms with Crippen molar-refractivity contribution in [3.8, 4) is 6.07 Å². The van der Waals surface area contributed by atoms with Gasteiger partial charge in [-0.05, 0) is 37.8 Å². The number of fused-ring (bicyclic) bond motifs is 1. The number of allylic oxidation sites excluding steroid dienone is 1. The fraction of sp³-hybridized carbons (Fsp3) is 0.421. The number of aliphatic hydroxyl groups is 1. The number of nitrogens with zero attached hydrogens (tertiary/aromatic N) is 2. The predicted molar refractivity (Wildman–Crippen MR) is 96.2 cm³/mol. The summed E-state index contributed by atoms with van der Waals surface area (Å²) in [6.45, 7) is 0.351. The van der Waals surface area contributed by atoms with Crippen LogP contribution in [0.5, 0.6) is 0 Å². The Balaban J connectivity index is 1.91. The summed E-state index contributed by atoms with van der Waals surface area (Å²) >= 11 is 0. The lowest BCUT2D eigenvalue weighted by atomic mass is 9.94. The first-order valence-electron chi connectivity index (χ1n) is 8.74. The first-order chi connectivity index (χ1) is 12.1. The smallest absolute Gasteiger partial charge is 0.259 e. The average molecular weight is 339 g/mol. The lowest BCUT2D eigenvalue weighted by Gasteiger charge is -2.28. The highest BCUT2D eigenvalue weighted by Crippen LogP contribution is 2.17. The minimum Gasteiger partial charge on any atom is -0.506 e. The Morgan fingerprint density at radius 2 is 2.08 bits per heavy atom. The van der Waals surface area contributed by atoms with E-state index in [1.54, 1.807) is 24.3 Å². The standard InChI is InChI=1S/C19H22N4O2/c1-23(13-7-3-2-4-8-13)12-17(24)15(11-20)18-21-16-10-6-5-9-14(16)19(25)22-18/h5-6,9-10,13,24H,2-4,7-8,12H2,1H3,(H,21,22,25)/p+1. The zero-order valence-electron chi connectivity index (χ0n) is 14.4. The van der Waals surface area contributed by atoms with Crippen LogP contribution in [0.4, 0.5) is 0 Å². The maximum atomic E-state index is 12.2. The number of H-pyrrole nitrogens is 1. The van der Waals surface area contributed by atoms with Crippen molar-refractivity contribution < 1.29 is 10.0 Å². The number of aromatic nitrogens is 2. The number of quaternary nitrogens is 1. The molecule has 6 heteroatoms. The second kappa shape index (κ2) is 7.49. The Kier molecular flexibility index (Phi) is 5.15. The van der Waals surface area contributed by atoms with E-state index < -0.39 is 0 Å². The fourth-order valence-electron chi connectivity index (χ4n) is 3.55. The highest BCUT2D eigenvalue weighted by Gasteiger charge is 2.24. The maximum Gasteiger partial charge on any atom is 0.259 e. The first-order valence-corrected chi connectivity index (χ1v) is 8.74. The van der Waals surface area contributed by atoms with E-state index in [0.29, 0.717) is 23.5 Å². The van der Waals surface area contributed by atoms with Gasteiger partial charge >= 0.3 is 0 Å². The molecule has 6 nitrogen and oxygen atoms in total. The third-order valence-corrected chi connectivity index (χ3v) is 5.00. The van der Waals surface area contributed by atoms with Gasteiger partial charge in [0.2, 0.25) is 0 Å². The summed E-state index contributed by atoms with van der Waals surface area (Å²) < 4.78 is 0. The van der Waals surface area contributed by atoms with Crippen molar-refractivity contribution in [2.24, 2.45) is 0 Å². The second-order valence-electron chi connectivity index (χ2n) is 6.72. The molecule has 0 saturated heterocycles. The molecular formula is C19H23N4O2+. The molecule has 0 bridgehead atoms. The number of benzene rings is 1. The van der Waals surface area contributed by atoms with Crippen molar-refractivity contribution in [2.45, 2.75) is 38.1 Å². The van der Waals surface area contributed by atoms with Gasteiger partial charge < -0.3 is 15.0 Å². The van der Waals surface area contributed by atoms with Crippen LogP contribution in [0.1, 0.15) is 37.9 Å². The maximum absolute atomic E-state index is 12.2. The average Bonchev–Trinajstić information content (AvgIpc) is 2.63. The summed E-state index contributed by atoms with van der Waals surface area (Å²) in [5, 5.41) is 20.5. The molecule has 1 aliphatic rings. The molecule has 1 aliphatic carbocycles. The van der Waals surface area contributed by atoms with Gasteiger partial charge in [-0.15, -0.1) is 0 Å². The normalized spacial score (nSPS) is 17.8. The zero-order chi connectivity index (χ0) is 17.8. The number of rotatable bonds is 4. The van der Waals surface area contributed by atoms with Crippen LogP contribution >= 0.6 is 0 Å². The summed E-state index contributed by atoms with van der Waals surface area (Å²) in [6, 6.07) is 9.46. The van der Waals surface area contributed by atoms with Crippen LogP contribution in [0.15, 0.2) is 34.8 Å². The van der Waals surface area contributed by atoms with Crippen molar-refractivity contribution in [3.05, 3.63) is 46.2 Å². The van der Waals surface area contributed by atoms with Crippen LogP contribution in [0.3, 0.4) is 0 Å². The van der Waals surface area contributed by atoms with Crippen molar-refractivity contribution in [1.82, 2.24) is 9.97 Å². The monoisotopic (exact) mass is 339 g/mol. The fourth-order valence-corrected chi connectivity index (χ4v) is 3.55. The number of hydrogen-bond acceptors (Lipinski definition) is 4. The minimum absolute atomic E-state index is 0.0241. The lowest BCUT2D eigenvalue weighted by molar-refractivity contribution is -0.903. The predicted octanol–water partition coefficient (Wildman–Crippen LogP) is 1.56. The number of aromatic amines is 1. The van der Waals surface area contributed by atoms with E-state index in [9.17, 15) is 15.2 Å². The molecule has 1 aromatic carbocycles. The van der Waals surface area contributed by atoms with Crippen LogP contribution in [0.25, 0.3) is 16.5 Å². The highest BCUT2D eigenvalue weighted by molar-refractivity contribution is 5.81. The van der Waals surface area contributed by atoms with Gasteiger partial charge in [-0.3, -0.25) is 4.79 Å². The van der Waals surface area contributed by atoms with E-state index in [4.69, 9.17) is 0 Å². The zero-order valence-corrected chi connectivity index (χ0v) is 14.4. The Morgan fingerprint density at radius 3 is 2.80 bits per heavy atom. The SMILES string of the molecule is C[NH+](CC(O)=C(C#N)c1nc2ccccc2c(=O)[nH]1)C1CCCCC1. The summed E-state index contributed by atoms with van der Waals surface area (Å²) in [5.74, 6) is 0.101. The Hall–Kier alpha value is -2.65. The molecule has 1 saturated carbocycles. The van der Waals surface area contributed by atoms with Gasteiger partial charge in [-0.25, -0.2) is 4.98 Å². The van der Waals surface area contributed by atoms with E-state index in [0.717, 1.165) is 12.8 Å². The van der Waals surface area contributed by atoms with Gasteiger partial charge in [0.15, 0.2) is 11.6 Å². The molecule has 2 aromatic rings. The molecule has 1 heterocycles. The van der Waals surface area contributed by atoms with E-state index >= 15 is 0 Å². The Labute approximate surface area is 146 Å². The second-order valence-corrected chi connectivity index (χ2v) is 6.72. The molecule has 1 unspecified atom stereocenters. The van der Waals surface area contributed by atoms with Gasteiger partial charge in [0.1, 0.15) is 18.2 Å². The molecule has 0 radical (unpaired) electrons. The molecule has 1 aromatic heterocycles. The van der Waals surface area contributed by atoms with Gasteiger partial charge in [-0.1, -0.05) is 18.6 Å². The number of para-hydroxylation sites is 1. The van der Waals surface area contributed by atoms with Crippen LogP contribution in [0, 0.1) is 11.3 Å². The molecule has 1 fully saturated rings. The van der Waals surface area contributed by atoms with Crippen molar-refractivity contribution in [3.63, 3.8) is 0 Å². The van der Waals surface area contributed by atoms with Crippen molar-refractivity contribution >= 4 is 16.5 Å². The number of hydrogen-bond donors (Lipinski definition) is 3. The first kappa shape index (κ1) is 17.2. The number of nitriles is 1. The van der Waals surface area contributed by atoms with E-state index in [1.807, 2.05) is 13.1 Å².